The van der Waals surface area contributed by atoms with Crippen molar-refractivity contribution in [3.8, 4) is 5.75 Å². The van der Waals surface area contributed by atoms with Crippen LogP contribution >= 0.6 is 0 Å². The first-order chi connectivity index (χ1) is 24.6. The molecule has 0 bridgehead atoms. The number of carbonyl (C=O) groups is 4. The summed E-state index contributed by atoms with van der Waals surface area (Å²) in [6, 6.07) is 9.02. The van der Waals surface area contributed by atoms with Crippen molar-refractivity contribution in [3.63, 3.8) is 0 Å². The van der Waals surface area contributed by atoms with Gasteiger partial charge in [0.05, 0.1) is 37.0 Å². The number of ether oxygens (including phenoxy) is 2. The summed E-state index contributed by atoms with van der Waals surface area (Å²) in [4.78, 5) is 55.3. The van der Waals surface area contributed by atoms with Crippen LogP contribution in [0.25, 0.3) is 0 Å². The first-order valence-corrected chi connectivity index (χ1v) is 17.6. The quantitative estimate of drug-likeness (QED) is 0.166. The van der Waals surface area contributed by atoms with Crippen LogP contribution in [0.4, 0.5) is 0 Å². The van der Waals surface area contributed by atoms with Gasteiger partial charge in [0.25, 0.3) is 11.8 Å². The maximum atomic E-state index is 13.4. The van der Waals surface area contributed by atoms with Gasteiger partial charge in [0.2, 0.25) is 5.91 Å². The molecule has 3 fully saturated rings. The number of aliphatic hydroxyl groups excluding tert-OH is 3. The number of carbonyl (C=O) groups excluding carboxylic acids is 3. The number of nitrogens with one attached hydrogen (secondary N) is 2. The third kappa shape index (κ3) is 8.24. The molecule has 7 atom stereocenters. The average molecular weight is 727 g/mol. The van der Waals surface area contributed by atoms with Crippen LogP contribution in [-0.2, 0) is 19.1 Å². The van der Waals surface area contributed by atoms with Crippen molar-refractivity contribution in [1.29, 1.82) is 0 Å². The SMILES string of the molecule is CC(=O)N[C@H]1[C@H]([C@H](O)[C@H](O)CNC(=O)c2cc(C)c(O)c(C)c2)O[C@@](CCN2CCOC[C@@]23CCN(C(=O)c2ccc(C)cc2)C3)(C(=O)O)C[C@@H]1O. The van der Waals surface area contributed by atoms with E-state index in [2.05, 4.69) is 15.5 Å². The van der Waals surface area contributed by atoms with Gasteiger partial charge in [-0.2, -0.15) is 0 Å². The van der Waals surface area contributed by atoms with E-state index in [1.807, 2.05) is 19.1 Å². The monoisotopic (exact) mass is 726 g/mol. The largest absolute Gasteiger partial charge is 0.507 e. The van der Waals surface area contributed by atoms with Crippen LogP contribution in [0.15, 0.2) is 36.4 Å². The highest BCUT2D eigenvalue weighted by Gasteiger charge is 2.55. The Morgan fingerprint density at radius 3 is 2.33 bits per heavy atom. The molecule has 2 aromatic rings. The van der Waals surface area contributed by atoms with Gasteiger partial charge in [-0.05, 0) is 62.6 Å². The van der Waals surface area contributed by atoms with Gasteiger partial charge < -0.3 is 50.5 Å². The molecule has 0 aliphatic carbocycles. The molecular formula is C37H50N4O11. The highest BCUT2D eigenvalue weighted by Crippen LogP contribution is 2.38. The molecular weight excluding hydrogens is 676 g/mol. The summed E-state index contributed by atoms with van der Waals surface area (Å²) in [5.74, 6) is -2.61. The number of amides is 3. The van der Waals surface area contributed by atoms with E-state index in [1.54, 1.807) is 30.9 Å². The number of aryl methyl sites for hydroxylation is 3. The summed E-state index contributed by atoms with van der Waals surface area (Å²) >= 11 is 0. The van der Waals surface area contributed by atoms with Crippen LogP contribution in [0.1, 0.15) is 63.6 Å². The van der Waals surface area contributed by atoms with Crippen LogP contribution in [0.2, 0.25) is 0 Å². The van der Waals surface area contributed by atoms with Gasteiger partial charge >= 0.3 is 5.97 Å². The molecule has 1 spiro atoms. The van der Waals surface area contributed by atoms with Crippen molar-refractivity contribution in [2.45, 2.75) is 88.6 Å². The number of phenolic OH excluding ortho intramolecular Hbond substituents is 1. The lowest BCUT2D eigenvalue weighted by Crippen LogP contribution is -2.68. The summed E-state index contributed by atoms with van der Waals surface area (Å²) in [7, 11) is 0. The Hall–Kier alpha value is -4.12. The number of carboxylic acids is 1. The van der Waals surface area contributed by atoms with E-state index in [9.17, 15) is 44.7 Å². The number of rotatable bonds is 11. The van der Waals surface area contributed by atoms with Gasteiger partial charge in [0.15, 0.2) is 5.60 Å². The van der Waals surface area contributed by atoms with E-state index >= 15 is 0 Å². The standard InChI is InChI=1S/C37H50N4O11/c1-21-5-7-25(8-6-21)34(48)40-11-9-36(19-40)20-51-14-13-41(36)12-10-37(35(49)50)17-27(43)29(39-24(4)42)32(52-37)31(46)28(44)18-38-33(47)26-15-22(2)30(45)23(3)16-26/h5-8,15-16,27-29,31-32,43-46H,9-14,17-20H2,1-4H3,(H,38,47)(H,39,42)(H,49,50)/t27-,28+,29+,31+,32+,36-,37+/m0/s1. The summed E-state index contributed by atoms with van der Waals surface area (Å²) in [5.41, 5.74) is 0.173. The van der Waals surface area contributed by atoms with Crippen molar-refractivity contribution < 1.29 is 54.2 Å². The molecule has 3 amide bonds. The Balaban J connectivity index is 1.31. The Bertz CT molecular complexity index is 1630. The molecule has 0 aromatic heterocycles. The fourth-order valence-electron chi connectivity index (χ4n) is 7.61. The second kappa shape index (κ2) is 15.9. The molecule has 0 saturated carbocycles. The highest BCUT2D eigenvalue weighted by atomic mass is 16.6. The molecule has 15 nitrogen and oxygen atoms in total. The van der Waals surface area contributed by atoms with E-state index < -0.39 is 72.3 Å². The fourth-order valence-corrected chi connectivity index (χ4v) is 7.61. The Morgan fingerprint density at radius 1 is 1.02 bits per heavy atom. The van der Waals surface area contributed by atoms with Gasteiger partial charge in [-0.25, -0.2) is 4.79 Å². The minimum atomic E-state index is -2.03. The molecule has 15 heteroatoms. The van der Waals surface area contributed by atoms with E-state index in [0.717, 1.165) is 5.56 Å². The Morgan fingerprint density at radius 2 is 1.69 bits per heavy atom. The highest BCUT2D eigenvalue weighted by molar-refractivity contribution is 5.95. The number of aromatic hydroxyl groups is 1. The van der Waals surface area contributed by atoms with Crippen molar-refractivity contribution >= 4 is 23.7 Å². The lowest BCUT2D eigenvalue weighted by molar-refractivity contribution is -0.231. The molecule has 52 heavy (non-hydrogen) atoms. The molecule has 2 aromatic carbocycles. The van der Waals surface area contributed by atoms with Crippen LogP contribution in [0.5, 0.6) is 5.75 Å². The number of aliphatic hydroxyl groups is 3. The first kappa shape index (κ1) is 39.1. The summed E-state index contributed by atoms with van der Waals surface area (Å²) in [5, 5.41) is 59.4. The zero-order chi connectivity index (χ0) is 38.0. The lowest BCUT2D eigenvalue weighted by atomic mass is 9.81. The van der Waals surface area contributed by atoms with Gasteiger partial charge in [0, 0.05) is 63.6 Å². The Labute approximate surface area is 302 Å². The number of benzene rings is 2. The zero-order valence-corrected chi connectivity index (χ0v) is 30.0. The minimum Gasteiger partial charge on any atom is -0.507 e. The maximum absolute atomic E-state index is 13.4. The lowest BCUT2D eigenvalue weighted by Gasteiger charge is -2.49. The number of phenols is 1. The fraction of sp³-hybridized carbons (Fsp3) is 0.568. The van der Waals surface area contributed by atoms with Gasteiger partial charge in [-0.15, -0.1) is 0 Å². The number of carboxylic acid groups (broad SMARTS) is 1. The van der Waals surface area contributed by atoms with Crippen molar-refractivity contribution in [3.05, 3.63) is 64.2 Å². The number of likely N-dealkylation sites (tertiary alicyclic amines) is 1. The molecule has 0 radical (unpaired) electrons. The maximum Gasteiger partial charge on any atom is 0.336 e. The summed E-state index contributed by atoms with van der Waals surface area (Å²) < 4.78 is 12.0. The number of nitrogens with zero attached hydrogens (tertiary/aromatic N) is 2. The predicted molar refractivity (Wildman–Crippen MR) is 187 cm³/mol. The topological polar surface area (TPSA) is 218 Å². The van der Waals surface area contributed by atoms with Gasteiger partial charge in [-0.3, -0.25) is 19.3 Å². The molecule has 3 saturated heterocycles. The van der Waals surface area contributed by atoms with Gasteiger partial charge in [0.1, 0.15) is 18.0 Å². The predicted octanol–water partition coefficient (Wildman–Crippen LogP) is 0.254. The van der Waals surface area contributed by atoms with Crippen LogP contribution in [-0.4, -0.2) is 147 Å². The van der Waals surface area contributed by atoms with E-state index in [1.165, 1.54) is 19.1 Å². The summed E-state index contributed by atoms with van der Waals surface area (Å²) in [6.07, 6.45) is -6.55. The smallest absolute Gasteiger partial charge is 0.336 e. The molecule has 3 aliphatic rings. The van der Waals surface area contributed by atoms with Gasteiger partial charge in [-0.1, -0.05) is 17.7 Å². The molecule has 284 valence electrons. The third-order valence-electron chi connectivity index (χ3n) is 10.6. The van der Waals surface area contributed by atoms with Crippen LogP contribution < -0.4 is 10.6 Å². The van der Waals surface area contributed by atoms with E-state index in [-0.39, 0.29) is 30.2 Å². The second-order valence-corrected chi connectivity index (χ2v) is 14.5. The van der Waals surface area contributed by atoms with Crippen molar-refractivity contribution in [1.82, 2.24) is 20.4 Å². The number of hydrogen-bond donors (Lipinski definition) is 7. The van der Waals surface area contributed by atoms with E-state index in [0.29, 0.717) is 56.0 Å². The molecule has 3 heterocycles. The minimum absolute atomic E-state index is 0.0492. The van der Waals surface area contributed by atoms with Crippen LogP contribution in [0, 0.1) is 20.8 Å². The summed E-state index contributed by atoms with van der Waals surface area (Å²) in [6.45, 7) is 8.17. The number of hydrogen-bond acceptors (Lipinski definition) is 11. The van der Waals surface area contributed by atoms with Crippen molar-refractivity contribution in [2.24, 2.45) is 0 Å². The second-order valence-electron chi connectivity index (χ2n) is 14.5. The molecule has 0 unspecified atom stereocenters. The molecule has 3 aliphatic heterocycles. The van der Waals surface area contributed by atoms with E-state index in [4.69, 9.17) is 9.47 Å². The van der Waals surface area contributed by atoms with Crippen LogP contribution in [0.3, 0.4) is 0 Å². The van der Waals surface area contributed by atoms with Crippen molar-refractivity contribution in [2.75, 3.05) is 45.9 Å². The normalized spacial score (nSPS) is 27.6. The number of aliphatic carboxylic acids is 1. The third-order valence-corrected chi connectivity index (χ3v) is 10.6. The zero-order valence-electron chi connectivity index (χ0n) is 30.0. The average Bonchev–Trinajstić information content (AvgIpc) is 3.53. The molecule has 7 N–H and O–H groups in total. The first-order valence-electron chi connectivity index (χ1n) is 17.6. The number of morpholine rings is 1. The Kier molecular flexibility index (Phi) is 11.9. The molecule has 5 rings (SSSR count).